The second kappa shape index (κ2) is 7.26. The quantitative estimate of drug-likeness (QED) is 0.752. The van der Waals surface area contributed by atoms with Crippen LogP contribution in [-0.4, -0.2) is 10.9 Å². The highest BCUT2D eigenvalue weighted by Gasteiger charge is 2.12. The monoisotopic (exact) mass is 334 g/mol. The van der Waals surface area contributed by atoms with Crippen molar-refractivity contribution in [1.29, 1.82) is 0 Å². The summed E-state index contributed by atoms with van der Waals surface area (Å²) in [6.07, 6.45) is 1.51. The lowest BCUT2D eigenvalue weighted by Crippen LogP contribution is -2.26. The summed E-state index contributed by atoms with van der Waals surface area (Å²) >= 11 is 0. The molecule has 3 nitrogen and oxygen atoms in total. The van der Waals surface area contributed by atoms with Crippen molar-refractivity contribution < 1.29 is 9.18 Å². The van der Waals surface area contributed by atoms with Crippen LogP contribution in [0.3, 0.4) is 0 Å². The molecule has 1 N–H and O–H groups in total. The van der Waals surface area contributed by atoms with E-state index in [0.717, 1.165) is 5.56 Å². The fraction of sp³-hybridized carbons (Fsp3) is 0.143. The van der Waals surface area contributed by atoms with Crippen LogP contribution in [0.4, 0.5) is 4.39 Å². The Labute approximate surface area is 146 Å². The lowest BCUT2D eigenvalue weighted by atomic mass is 10.1. The second-order valence-electron chi connectivity index (χ2n) is 6.05. The van der Waals surface area contributed by atoms with Crippen molar-refractivity contribution in [3.05, 3.63) is 89.4 Å². The third-order valence-corrected chi connectivity index (χ3v) is 4.07. The van der Waals surface area contributed by atoms with Crippen LogP contribution < -0.4 is 5.32 Å². The van der Waals surface area contributed by atoms with Gasteiger partial charge in [-0.25, -0.2) is 4.39 Å². The van der Waals surface area contributed by atoms with Gasteiger partial charge in [0.2, 0.25) is 0 Å². The summed E-state index contributed by atoms with van der Waals surface area (Å²) in [5, 5.41) is 2.96. The molecule has 0 radical (unpaired) electrons. The molecule has 0 spiro atoms. The van der Waals surface area contributed by atoms with E-state index in [-0.39, 0.29) is 17.8 Å². The smallest absolute Gasteiger partial charge is 0.253 e. The van der Waals surface area contributed by atoms with Crippen molar-refractivity contribution in [2.75, 3.05) is 0 Å². The van der Waals surface area contributed by atoms with Gasteiger partial charge in [-0.05, 0) is 43.7 Å². The summed E-state index contributed by atoms with van der Waals surface area (Å²) in [4.78, 5) is 16.7. The molecule has 126 valence electrons. The van der Waals surface area contributed by atoms with Crippen LogP contribution in [-0.2, 0) is 0 Å². The first-order valence-corrected chi connectivity index (χ1v) is 8.12. The Morgan fingerprint density at radius 2 is 1.84 bits per heavy atom. The number of pyridine rings is 1. The van der Waals surface area contributed by atoms with E-state index in [1.165, 1.54) is 23.9 Å². The van der Waals surface area contributed by atoms with Crippen molar-refractivity contribution in [3.8, 4) is 11.3 Å². The standard InChI is InChI=1S/C21H19FN2O/c1-14-6-8-16(9-7-14)15(2)24-21(25)18-10-11-20(23-13-18)17-4-3-5-19(22)12-17/h3-13,15H,1-2H3,(H,24,25)/t15-/m1/s1. The molecular formula is C21H19FN2O. The van der Waals surface area contributed by atoms with Gasteiger partial charge in [-0.15, -0.1) is 0 Å². The molecule has 4 heteroatoms. The lowest BCUT2D eigenvalue weighted by molar-refractivity contribution is 0.0939. The number of hydrogen-bond donors (Lipinski definition) is 1. The summed E-state index contributed by atoms with van der Waals surface area (Å²) in [5.74, 6) is -0.501. The molecule has 0 saturated carbocycles. The second-order valence-corrected chi connectivity index (χ2v) is 6.05. The minimum absolute atomic E-state index is 0.101. The van der Waals surface area contributed by atoms with Gasteiger partial charge in [0.15, 0.2) is 0 Å². The van der Waals surface area contributed by atoms with Gasteiger partial charge in [0.1, 0.15) is 5.82 Å². The molecule has 25 heavy (non-hydrogen) atoms. The Morgan fingerprint density at radius 1 is 1.08 bits per heavy atom. The fourth-order valence-corrected chi connectivity index (χ4v) is 2.57. The molecule has 0 aliphatic rings. The van der Waals surface area contributed by atoms with Crippen molar-refractivity contribution in [3.63, 3.8) is 0 Å². The summed E-state index contributed by atoms with van der Waals surface area (Å²) in [6, 6.07) is 17.6. The van der Waals surface area contributed by atoms with Crippen LogP contribution in [0.1, 0.15) is 34.5 Å². The number of benzene rings is 2. The molecule has 1 aromatic heterocycles. The van der Waals surface area contributed by atoms with E-state index in [4.69, 9.17) is 0 Å². The van der Waals surface area contributed by atoms with Gasteiger partial charge in [0, 0.05) is 11.8 Å². The van der Waals surface area contributed by atoms with Crippen LogP contribution in [0.5, 0.6) is 0 Å². The van der Waals surface area contributed by atoms with E-state index < -0.39 is 0 Å². The zero-order valence-corrected chi connectivity index (χ0v) is 14.2. The third-order valence-electron chi connectivity index (χ3n) is 4.07. The predicted molar refractivity (Wildman–Crippen MR) is 96.7 cm³/mol. The molecule has 3 aromatic rings. The minimum atomic E-state index is -0.312. The van der Waals surface area contributed by atoms with Crippen LogP contribution >= 0.6 is 0 Å². The number of nitrogens with one attached hydrogen (secondary N) is 1. The SMILES string of the molecule is Cc1ccc([C@@H](C)NC(=O)c2ccc(-c3cccc(F)c3)nc2)cc1. The Kier molecular flexibility index (Phi) is 4.89. The molecule has 0 saturated heterocycles. The number of rotatable bonds is 4. The zero-order chi connectivity index (χ0) is 17.8. The number of aromatic nitrogens is 1. The molecule has 0 unspecified atom stereocenters. The molecule has 0 aliphatic carbocycles. The van der Waals surface area contributed by atoms with Gasteiger partial charge in [0.05, 0.1) is 17.3 Å². The molecule has 3 rings (SSSR count). The van der Waals surface area contributed by atoms with Gasteiger partial charge in [-0.3, -0.25) is 9.78 Å². The van der Waals surface area contributed by atoms with Gasteiger partial charge >= 0.3 is 0 Å². The molecule has 1 amide bonds. The maximum absolute atomic E-state index is 13.3. The van der Waals surface area contributed by atoms with Crippen LogP contribution in [0.25, 0.3) is 11.3 Å². The topological polar surface area (TPSA) is 42.0 Å². The van der Waals surface area contributed by atoms with Gasteiger partial charge < -0.3 is 5.32 Å². The normalized spacial score (nSPS) is 11.8. The van der Waals surface area contributed by atoms with E-state index in [1.807, 2.05) is 38.1 Å². The third kappa shape index (κ3) is 4.10. The summed E-state index contributed by atoms with van der Waals surface area (Å²) in [6.45, 7) is 3.97. The first kappa shape index (κ1) is 16.8. The predicted octanol–water partition coefficient (Wildman–Crippen LogP) is 4.69. The number of halogens is 1. The number of aryl methyl sites for hydroxylation is 1. The van der Waals surface area contributed by atoms with E-state index in [2.05, 4.69) is 10.3 Å². The van der Waals surface area contributed by atoms with E-state index in [9.17, 15) is 9.18 Å². The van der Waals surface area contributed by atoms with Crippen molar-refractivity contribution in [2.24, 2.45) is 0 Å². The number of carbonyl (C=O) groups is 1. The number of hydrogen-bond acceptors (Lipinski definition) is 2. The van der Waals surface area contributed by atoms with Crippen molar-refractivity contribution >= 4 is 5.91 Å². The number of amides is 1. The van der Waals surface area contributed by atoms with Gasteiger partial charge in [-0.1, -0.05) is 42.0 Å². The van der Waals surface area contributed by atoms with Crippen LogP contribution in [0.2, 0.25) is 0 Å². The number of carbonyl (C=O) groups excluding carboxylic acids is 1. The summed E-state index contributed by atoms with van der Waals surface area (Å²) in [5.41, 5.74) is 4.00. The fourth-order valence-electron chi connectivity index (χ4n) is 2.57. The summed E-state index contributed by atoms with van der Waals surface area (Å²) in [7, 11) is 0. The first-order valence-electron chi connectivity index (χ1n) is 8.12. The number of nitrogens with zero attached hydrogens (tertiary/aromatic N) is 1. The molecule has 0 fully saturated rings. The van der Waals surface area contributed by atoms with E-state index in [0.29, 0.717) is 16.8 Å². The maximum atomic E-state index is 13.3. The van der Waals surface area contributed by atoms with E-state index in [1.54, 1.807) is 24.3 Å². The highest BCUT2D eigenvalue weighted by atomic mass is 19.1. The average Bonchev–Trinajstić information content (AvgIpc) is 2.62. The molecule has 2 aromatic carbocycles. The Morgan fingerprint density at radius 3 is 2.48 bits per heavy atom. The van der Waals surface area contributed by atoms with Crippen LogP contribution in [0, 0.1) is 12.7 Å². The molecular weight excluding hydrogens is 315 g/mol. The molecule has 1 atom stereocenters. The lowest BCUT2D eigenvalue weighted by Gasteiger charge is -2.14. The molecule has 0 bridgehead atoms. The molecule has 1 heterocycles. The zero-order valence-electron chi connectivity index (χ0n) is 14.2. The maximum Gasteiger partial charge on any atom is 0.253 e. The first-order chi connectivity index (χ1) is 12.0. The Bertz CT molecular complexity index is 873. The minimum Gasteiger partial charge on any atom is -0.345 e. The van der Waals surface area contributed by atoms with E-state index >= 15 is 0 Å². The highest BCUT2D eigenvalue weighted by molar-refractivity contribution is 5.94. The van der Waals surface area contributed by atoms with Crippen molar-refractivity contribution in [2.45, 2.75) is 19.9 Å². The summed E-state index contributed by atoms with van der Waals surface area (Å²) < 4.78 is 13.3. The Balaban J connectivity index is 1.71. The highest BCUT2D eigenvalue weighted by Crippen LogP contribution is 2.19. The van der Waals surface area contributed by atoms with Gasteiger partial charge in [-0.2, -0.15) is 0 Å². The Hall–Kier alpha value is -3.01. The van der Waals surface area contributed by atoms with Gasteiger partial charge in [0.25, 0.3) is 5.91 Å². The van der Waals surface area contributed by atoms with Crippen molar-refractivity contribution in [1.82, 2.24) is 10.3 Å². The van der Waals surface area contributed by atoms with Crippen LogP contribution in [0.15, 0.2) is 66.9 Å². The largest absolute Gasteiger partial charge is 0.345 e. The average molecular weight is 334 g/mol. The molecule has 0 aliphatic heterocycles.